The first-order valence-corrected chi connectivity index (χ1v) is 5.47. The maximum Gasteiger partial charge on any atom is 0.309 e. The Hall–Kier alpha value is -1.45. The molecule has 0 atom stereocenters. The van der Waals surface area contributed by atoms with Gasteiger partial charge in [-0.3, -0.25) is 9.78 Å². The summed E-state index contributed by atoms with van der Waals surface area (Å²) in [5.74, 6) is 0.428. The third-order valence-corrected chi connectivity index (χ3v) is 2.16. The Morgan fingerprint density at radius 1 is 1.25 bits per heavy atom. The van der Waals surface area contributed by atoms with Crippen LogP contribution in [0.25, 0.3) is 0 Å². The van der Waals surface area contributed by atoms with E-state index in [9.17, 15) is 4.79 Å². The monoisotopic (exact) mass is 222 g/mol. The van der Waals surface area contributed by atoms with Gasteiger partial charge in [0.1, 0.15) is 5.69 Å². The van der Waals surface area contributed by atoms with Crippen LogP contribution in [0.4, 0.5) is 0 Å². The minimum absolute atomic E-state index is 0.183. The van der Waals surface area contributed by atoms with E-state index in [1.54, 1.807) is 6.20 Å². The molecule has 0 fully saturated rings. The highest BCUT2D eigenvalue weighted by molar-refractivity contribution is 5.69. The van der Waals surface area contributed by atoms with Crippen molar-refractivity contribution in [3.05, 3.63) is 17.6 Å². The lowest BCUT2D eigenvalue weighted by Gasteiger charge is -2.12. The van der Waals surface area contributed by atoms with E-state index in [-0.39, 0.29) is 17.8 Å². The van der Waals surface area contributed by atoms with Gasteiger partial charge < -0.3 is 4.74 Å². The zero-order valence-electron chi connectivity index (χ0n) is 10.4. The average molecular weight is 222 g/mol. The topological polar surface area (TPSA) is 52.1 Å². The molecule has 0 saturated carbocycles. The summed E-state index contributed by atoms with van der Waals surface area (Å²) in [6, 6.07) is 0. The van der Waals surface area contributed by atoms with Gasteiger partial charge in [0, 0.05) is 19.0 Å². The van der Waals surface area contributed by atoms with Gasteiger partial charge in [-0.25, -0.2) is 4.98 Å². The van der Waals surface area contributed by atoms with Gasteiger partial charge >= 0.3 is 5.97 Å². The Labute approximate surface area is 96.1 Å². The molecule has 0 spiro atoms. The van der Waals surface area contributed by atoms with Crippen molar-refractivity contribution >= 4 is 5.97 Å². The normalized spacial score (nSPS) is 10.9. The fraction of sp³-hybridized carbons (Fsp3) is 0.583. The first-order valence-electron chi connectivity index (χ1n) is 5.47. The van der Waals surface area contributed by atoms with Crippen LogP contribution in [0.5, 0.6) is 5.88 Å². The summed E-state index contributed by atoms with van der Waals surface area (Å²) in [5, 5.41) is 0. The van der Waals surface area contributed by atoms with Crippen molar-refractivity contribution in [2.45, 2.75) is 46.5 Å². The Bertz CT molecular complexity index is 387. The summed E-state index contributed by atoms with van der Waals surface area (Å²) in [7, 11) is 0. The lowest BCUT2D eigenvalue weighted by molar-refractivity contribution is -0.132. The number of carbonyl (C=O) groups excluding carboxylic acids is 1. The van der Waals surface area contributed by atoms with Gasteiger partial charge in [0.05, 0.1) is 5.69 Å². The molecule has 0 aliphatic rings. The number of carbonyl (C=O) groups is 1. The van der Waals surface area contributed by atoms with E-state index in [2.05, 4.69) is 9.97 Å². The predicted octanol–water partition coefficient (Wildman–Crippen LogP) is 2.65. The Kier molecular flexibility index (Phi) is 3.99. The van der Waals surface area contributed by atoms with Crippen molar-refractivity contribution in [2.75, 3.05) is 0 Å². The molecule has 16 heavy (non-hydrogen) atoms. The van der Waals surface area contributed by atoms with Crippen LogP contribution in [-0.2, 0) is 4.79 Å². The zero-order valence-corrected chi connectivity index (χ0v) is 10.4. The number of hydrogen-bond acceptors (Lipinski definition) is 4. The highest BCUT2D eigenvalue weighted by atomic mass is 16.5. The number of ether oxygens (including phenoxy) is 1. The molecule has 88 valence electrons. The van der Waals surface area contributed by atoms with Crippen molar-refractivity contribution in [2.24, 2.45) is 0 Å². The maximum absolute atomic E-state index is 11.0. The molecule has 0 saturated heterocycles. The highest BCUT2D eigenvalue weighted by Crippen LogP contribution is 2.24. The van der Waals surface area contributed by atoms with Crippen molar-refractivity contribution in [1.82, 2.24) is 9.97 Å². The fourth-order valence-corrected chi connectivity index (χ4v) is 1.28. The second kappa shape index (κ2) is 5.05. The molecule has 0 N–H and O–H groups in total. The Morgan fingerprint density at radius 2 is 1.88 bits per heavy atom. The molecule has 0 unspecified atom stereocenters. The molecule has 0 radical (unpaired) electrons. The van der Waals surface area contributed by atoms with Gasteiger partial charge in [-0.05, 0) is 5.92 Å². The largest absolute Gasteiger partial charge is 0.406 e. The first kappa shape index (κ1) is 12.6. The summed E-state index contributed by atoms with van der Waals surface area (Å²) >= 11 is 0. The third-order valence-electron chi connectivity index (χ3n) is 2.16. The van der Waals surface area contributed by atoms with Gasteiger partial charge in [-0.2, -0.15) is 0 Å². The highest BCUT2D eigenvalue weighted by Gasteiger charge is 2.15. The Balaban J connectivity index is 3.15. The maximum atomic E-state index is 11.0. The van der Waals surface area contributed by atoms with Gasteiger partial charge in [0.2, 0.25) is 5.88 Å². The number of aromatic nitrogens is 2. The van der Waals surface area contributed by atoms with Crippen LogP contribution in [0.3, 0.4) is 0 Å². The van der Waals surface area contributed by atoms with E-state index in [1.165, 1.54) is 6.92 Å². The molecule has 1 heterocycles. The average Bonchev–Trinajstić information content (AvgIpc) is 2.15. The SMILES string of the molecule is CC(=O)Oc1nc(C(C)C)cnc1C(C)C. The lowest BCUT2D eigenvalue weighted by atomic mass is 10.1. The smallest absolute Gasteiger partial charge is 0.309 e. The predicted molar refractivity (Wildman–Crippen MR) is 61.5 cm³/mol. The molecule has 0 aliphatic carbocycles. The number of nitrogens with zero attached hydrogens (tertiary/aromatic N) is 2. The summed E-state index contributed by atoms with van der Waals surface area (Å²) < 4.78 is 5.08. The van der Waals surface area contributed by atoms with E-state index >= 15 is 0 Å². The van der Waals surface area contributed by atoms with Gasteiger partial charge in [0.25, 0.3) is 0 Å². The van der Waals surface area contributed by atoms with Gasteiger partial charge in [0.15, 0.2) is 0 Å². The molecule has 0 bridgehead atoms. The van der Waals surface area contributed by atoms with Gasteiger partial charge in [-0.15, -0.1) is 0 Å². The van der Waals surface area contributed by atoms with Crippen molar-refractivity contribution in [3.8, 4) is 5.88 Å². The molecule has 0 aliphatic heterocycles. The van der Waals surface area contributed by atoms with E-state index in [0.717, 1.165) is 11.4 Å². The van der Waals surface area contributed by atoms with Crippen LogP contribution in [0.1, 0.15) is 57.8 Å². The molecule has 0 aromatic carbocycles. The number of esters is 1. The summed E-state index contributed by atoms with van der Waals surface area (Å²) in [6.45, 7) is 9.40. The summed E-state index contributed by atoms with van der Waals surface area (Å²) in [4.78, 5) is 19.6. The van der Waals surface area contributed by atoms with Crippen molar-refractivity contribution < 1.29 is 9.53 Å². The van der Waals surface area contributed by atoms with Gasteiger partial charge in [-0.1, -0.05) is 27.7 Å². The molecular formula is C12H18N2O2. The summed E-state index contributed by atoms with van der Waals surface area (Å²) in [5.41, 5.74) is 1.56. The second-order valence-electron chi connectivity index (χ2n) is 4.39. The van der Waals surface area contributed by atoms with E-state index in [1.807, 2.05) is 27.7 Å². The quantitative estimate of drug-likeness (QED) is 0.738. The van der Waals surface area contributed by atoms with Crippen LogP contribution in [0.15, 0.2) is 6.20 Å². The van der Waals surface area contributed by atoms with Crippen LogP contribution in [0.2, 0.25) is 0 Å². The van der Waals surface area contributed by atoms with E-state index in [0.29, 0.717) is 5.88 Å². The minimum atomic E-state index is -0.364. The van der Waals surface area contributed by atoms with Crippen LogP contribution in [0, 0.1) is 0 Å². The number of hydrogen-bond donors (Lipinski definition) is 0. The van der Waals surface area contributed by atoms with Crippen LogP contribution >= 0.6 is 0 Å². The molecule has 4 heteroatoms. The molecule has 1 rings (SSSR count). The molecule has 1 aromatic rings. The lowest BCUT2D eigenvalue weighted by Crippen LogP contribution is -2.10. The third kappa shape index (κ3) is 3.02. The Morgan fingerprint density at radius 3 is 2.31 bits per heavy atom. The van der Waals surface area contributed by atoms with Crippen LogP contribution in [-0.4, -0.2) is 15.9 Å². The second-order valence-corrected chi connectivity index (χ2v) is 4.39. The standard InChI is InChI=1S/C12H18N2O2/c1-7(2)10-6-13-11(8(3)4)12(14-10)16-9(5)15/h6-8H,1-5H3. The summed E-state index contributed by atoms with van der Waals surface area (Å²) in [6.07, 6.45) is 1.74. The first-order chi connectivity index (χ1) is 7.41. The van der Waals surface area contributed by atoms with E-state index < -0.39 is 0 Å². The minimum Gasteiger partial charge on any atom is -0.406 e. The van der Waals surface area contributed by atoms with E-state index in [4.69, 9.17) is 4.74 Å². The fourth-order valence-electron chi connectivity index (χ4n) is 1.28. The molecular weight excluding hydrogens is 204 g/mol. The number of rotatable bonds is 3. The molecule has 1 aromatic heterocycles. The van der Waals surface area contributed by atoms with Crippen molar-refractivity contribution in [3.63, 3.8) is 0 Å². The van der Waals surface area contributed by atoms with Crippen molar-refractivity contribution in [1.29, 1.82) is 0 Å². The van der Waals surface area contributed by atoms with Crippen LogP contribution < -0.4 is 4.74 Å². The zero-order chi connectivity index (χ0) is 12.3. The molecule has 0 amide bonds. The molecule has 4 nitrogen and oxygen atoms in total.